The van der Waals surface area contributed by atoms with Crippen LogP contribution < -0.4 is 6.15 Å². The van der Waals surface area contributed by atoms with Gasteiger partial charge >= 0.3 is 0 Å². The second-order valence-corrected chi connectivity index (χ2v) is 5.24. The van der Waals surface area contributed by atoms with Crippen molar-refractivity contribution in [3.8, 4) is 0 Å². The zero-order valence-electron chi connectivity index (χ0n) is 7.53. The van der Waals surface area contributed by atoms with Crippen LogP contribution in [0.25, 0.3) is 0 Å². The highest BCUT2D eigenvalue weighted by Gasteiger charge is 2.36. The molecule has 1 fully saturated rings. The molecule has 12 heavy (non-hydrogen) atoms. The van der Waals surface area contributed by atoms with Crippen LogP contribution in [0.2, 0.25) is 0 Å². The first-order valence-electron chi connectivity index (χ1n) is 3.87. The van der Waals surface area contributed by atoms with Crippen molar-refractivity contribution in [2.75, 3.05) is 0 Å². The van der Waals surface area contributed by atoms with Crippen molar-refractivity contribution in [2.24, 2.45) is 11.8 Å². The van der Waals surface area contributed by atoms with E-state index < -0.39 is 15.4 Å². The Morgan fingerprint density at radius 3 is 1.92 bits per heavy atom. The molecule has 0 radical (unpaired) electrons. The van der Waals surface area contributed by atoms with Crippen molar-refractivity contribution in [1.82, 2.24) is 6.15 Å². The third-order valence-corrected chi connectivity index (χ3v) is 3.85. The fourth-order valence-corrected chi connectivity index (χ4v) is 3.20. The van der Waals surface area contributed by atoms with Gasteiger partial charge in [0.1, 0.15) is 0 Å². The lowest BCUT2D eigenvalue weighted by Gasteiger charge is -2.09. The van der Waals surface area contributed by atoms with Gasteiger partial charge in [0.25, 0.3) is 10.1 Å². The standard InChI is InChI=1S/C7H14O3S.H3N/c1-5-3-6(2)7(4-5)11(8,9)10;/h5-7H,3-4H2,1-2H3,(H,8,9,10);1H3. The maximum atomic E-state index is 10.7. The summed E-state index contributed by atoms with van der Waals surface area (Å²) in [6.45, 7) is 3.89. The highest BCUT2D eigenvalue weighted by Crippen LogP contribution is 2.34. The van der Waals surface area contributed by atoms with Crippen molar-refractivity contribution in [3.05, 3.63) is 0 Å². The Morgan fingerprint density at radius 1 is 1.25 bits per heavy atom. The first-order chi connectivity index (χ1) is 4.91. The van der Waals surface area contributed by atoms with Crippen LogP contribution >= 0.6 is 0 Å². The molecule has 74 valence electrons. The Hall–Kier alpha value is -0.130. The SMILES string of the molecule is CC1CC(C)C(S(=O)(=O)O)C1.N. The molecule has 0 aliphatic heterocycles. The van der Waals surface area contributed by atoms with Gasteiger partial charge in [-0.1, -0.05) is 13.8 Å². The van der Waals surface area contributed by atoms with Crippen molar-refractivity contribution in [2.45, 2.75) is 31.9 Å². The Bertz CT molecular complexity index is 237. The largest absolute Gasteiger partial charge is 0.344 e. The Labute approximate surface area is 73.7 Å². The molecule has 0 amide bonds. The average Bonchev–Trinajstić information content (AvgIpc) is 2.08. The summed E-state index contributed by atoms with van der Waals surface area (Å²) in [5, 5.41) is -0.516. The lowest BCUT2D eigenvalue weighted by Crippen LogP contribution is -2.22. The average molecular weight is 195 g/mol. The Morgan fingerprint density at radius 2 is 1.75 bits per heavy atom. The molecule has 4 nitrogen and oxygen atoms in total. The van der Waals surface area contributed by atoms with Gasteiger partial charge in [-0.25, -0.2) is 0 Å². The van der Waals surface area contributed by atoms with E-state index in [9.17, 15) is 8.42 Å². The summed E-state index contributed by atoms with van der Waals surface area (Å²) < 4.78 is 30.3. The third-order valence-electron chi connectivity index (χ3n) is 2.43. The zero-order valence-corrected chi connectivity index (χ0v) is 8.34. The lowest BCUT2D eigenvalue weighted by molar-refractivity contribution is 0.449. The van der Waals surface area contributed by atoms with Crippen LogP contribution in [-0.4, -0.2) is 18.2 Å². The molecule has 0 aromatic rings. The van der Waals surface area contributed by atoms with Gasteiger partial charge in [0.2, 0.25) is 0 Å². The Balaban J connectivity index is 0.00000121. The minimum absolute atomic E-state index is 0. The summed E-state index contributed by atoms with van der Waals surface area (Å²) in [5.41, 5.74) is 0. The lowest BCUT2D eigenvalue weighted by atomic mass is 10.1. The summed E-state index contributed by atoms with van der Waals surface area (Å²) in [6.07, 6.45) is 1.52. The normalized spacial score (nSPS) is 36.1. The predicted molar refractivity (Wildman–Crippen MR) is 47.9 cm³/mol. The summed E-state index contributed by atoms with van der Waals surface area (Å²) in [5.74, 6) is 0.539. The second-order valence-electron chi connectivity index (χ2n) is 3.61. The maximum Gasteiger partial charge on any atom is 0.268 e. The van der Waals surface area contributed by atoms with Gasteiger partial charge in [-0.2, -0.15) is 8.42 Å². The molecule has 0 bridgehead atoms. The molecule has 3 atom stereocenters. The van der Waals surface area contributed by atoms with Crippen molar-refractivity contribution in [3.63, 3.8) is 0 Å². The fraction of sp³-hybridized carbons (Fsp3) is 1.00. The van der Waals surface area contributed by atoms with Gasteiger partial charge < -0.3 is 6.15 Å². The molecular weight excluding hydrogens is 178 g/mol. The third kappa shape index (κ3) is 2.43. The molecule has 1 aliphatic rings. The number of rotatable bonds is 1. The maximum absolute atomic E-state index is 10.7. The minimum Gasteiger partial charge on any atom is -0.344 e. The van der Waals surface area contributed by atoms with E-state index in [0.717, 1.165) is 6.42 Å². The van der Waals surface area contributed by atoms with Gasteiger partial charge in [0, 0.05) is 0 Å². The van der Waals surface area contributed by atoms with Crippen LogP contribution in [0.3, 0.4) is 0 Å². The molecule has 4 N–H and O–H groups in total. The van der Waals surface area contributed by atoms with Crippen LogP contribution in [-0.2, 0) is 10.1 Å². The predicted octanol–water partition coefficient (Wildman–Crippen LogP) is 1.47. The van der Waals surface area contributed by atoms with E-state index in [4.69, 9.17) is 4.55 Å². The first kappa shape index (κ1) is 11.9. The molecule has 1 saturated carbocycles. The van der Waals surface area contributed by atoms with E-state index in [1.807, 2.05) is 13.8 Å². The van der Waals surface area contributed by atoms with Crippen molar-refractivity contribution >= 4 is 10.1 Å². The van der Waals surface area contributed by atoms with Gasteiger partial charge in [-0.3, -0.25) is 4.55 Å². The first-order valence-corrected chi connectivity index (χ1v) is 5.38. The van der Waals surface area contributed by atoms with Crippen molar-refractivity contribution < 1.29 is 13.0 Å². The fourth-order valence-electron chi connectivity index (χ4n) is 1.93. The van der Waals surface area contributed by atoms with E-state index in [1.54, 1.807) is 0 Å². The van der Waals surface area contributed by atoms with Crippen LogP contribution in [0.5, 0.6) is 0 Å². The summed E-state index contributed by atoms with van der Waals surface area (Å²) in [4.78, 5) is 0. The molecule has 5 heteroatoms. The Kier molecular flexibility index (Phi) is 3.68. The molecular formula is C7H17NO3S. The molecule has 1 rings (SSSR count). The summed E-state index contributed by atoms with van der Waals surface area (Å²) in [6, 6.07) is 0. The summed E-state index contributed by atoms with van der Waals surface area (Å²) in [7, 11) is -3.78. The molecule has 0 saturated heterocycles. The van der Waals surface area contributed by atoms with Crippen molar-refractivity contribution in [1.29, 1.82) is 0 Å². The van der Waals surface area contributed by atoms with Gasteiger partial charge in [-0.15, -0.1) is 0 Å². The van der Waals surface area contributed by atoms with Crippen LogP contribution in [0.1, 0.15) is 26.7 Å². The molecule has 3 unspecified atom stereocenters. The summed E-state index contributed by atoms with van der Waals surface area (Å²) >= 11 is 0. The van der Waals surface area contributed by atoms with E-state index in [2.05, 4.69) is 0 Å². The van der Waals surface area contributed by atoms with Gasteiger partial charge in [-0.05, 0) is 24.7 Å². The molecule has 1 aliphatic carbocycles. The highest BCUT2D eigenvalue weighted by molar-refractivity contribution is 7.86. The van der Waals surface area contributed by atoms with Gasteiger partial charge in [0.05, 0.1) is 5.25 Å². The zero-order chi connectivity index (χ0) is 8.65. The number of hydrogen-bond donors (Lipinski definition) is 2. The topological polar surface area (TPSA) is 89.4 Å². The van der Waals surface area contributed by atoms with E-state index in [-0.39, 0.29) is 12.1 Å². The van der Waals surface area contributed by atoms with E-state index in [1.165, 1.54) is 0 Å². The molecule has 0 spiro atoms. The quantitative estimate of drug-likeness (QED) is 0.620. The molecule has 0 aromatic carbocycles. The smallest absolute Gasteiger partial charge is 0.268 e. The molecule has 0 heterocycles. The van der Waals surface area contributed by atoms with E-state index >= 15 is 0 Å². The monoisotopic (exact) mass is 195 g/mol. The highest BCUT2D eigenvalue weighted by atomic mass is 32.2. The minimum atomic E-state index is -3.78. The number of hydrogen-bond acceptors (Lipinski definition) is 3. The second kappa shape index (κ2) is 3.72. The van der Waals surface area contributed by atoms with Crippen LogP contribution in [0.4, 0.5) is 0 Å². The van der Waals surface area contributed by atoms with Crippen LogP contribution in [0, 0.1) is 11.8 Å². The van der Waals surface area contributed by atoms with Crippen LogP contribution in [0.15, 0.2) is 0 Å². The van der Waals surface area contributed by atoms with E-state index in [0.29, 0.717) is 12.3 Å². The van der Waals surface area contributed by atoms with Gasteiger partial charge in [0.15, 0.2) is 0 Å². The molecule has 0 aromatic heterocycles.